The van der Waals surface area contributed by atoms with Crippen LogP contribution in [0.25, 0.3) is 0 Å². The molecule has 0 aliphatic rings. The van der Waals surface area contributed by atoms with E-state index in [0.717, 1.165) is 0 Å². The van der Waals surface area contributed by atoms with E-state index in [1.54, 1.807) is 0 Å². The number of rotatable bonds is 0. The fourth-order valence-corrected chi connectivity index (χ4v) is 0.859. The quantitative estimate of drug-likeness (QED) is 0.579. The molecule has 0 saturated carbocycles. The van der Waals surface area contributed by atoms with E-state index in [9.17, 15) is 4.79 Å². The van der Waals surface area contributed by atoms with Crippen molar-refractivity contribution in [2.24, 2.45) is 0 Å². The zero-order valence-corrected chi connectivity index (χ0v) is 6.88. The number of nitrogens with one attached hydrogen (secondary N) is 1. The van der Waals surface area contributed by atoms with Crippen molar-refractivity contribution in [3.05, 3.63) is 16.6 Å². The molecule has 2 N–H and O–H groups in total. The Kier molecular flexibility index (Phi) is 1.55. The molecule has 0 spiro atoms. The van der Waals surface area contributed by atoms with Crippen LogP contribution in [0.5, 0.6) is 5.75 Å². The first-order valence-electron chi connectivity index (χ1n) is 3.43. The Hall–Kier alpha value is -1.19. The summed E-state index contributed by atoms with van der Waals surface area (Å²) >= 11 is 0. The summed E-state index contributed by atoms with van der Waals surface area (Å²) in [7, 11) is 0. The number of hydrogen-bond acceptors (Lipinski definition) is 2. The lowest BCUT2D eigenvalue weighted by Crippen LogP contribution is -2.32. The fraction of sp³-hybridized carbons (Fsp3) is 0.571. The van der Waals surface area contributed by atoms with E-state index >= 15 is 0 Å². The Labute approximate surface area is 64.5 Å². The third-order valence-corrected chi connectivity index (χ3v) is 1.42. The Bertz CT molecular complexity index is 303. The molecule has 4 heteroatoms. The highest BCUT2D eigenvalue weighted by Crippen LogP contribution is 2.10. The van der Waals surface area contributed by atoms with Crippen LogP contribution in [0.3, 0.4) is 0 Å². The van der Waals surface area contributed by atoms with Crippen LogP contribution in [0.4, 0.5) is 0 Å². The first-order chi connectivity index (χ1) is 4.93. The van der Waals surface area contributed by atoms with Crippen molar-refractivity contribution in [3.8, 4) is 5.75 Å². The van der Waals surface area contributed by atoms with Gasteiger partial charge in [0.25, 0.3) is 0 Å². The maximum absolute atomic E-state index is 11.1. The maximum atomic E-state index is 11.1. The second-order valence-corrected chi connectivity index (χ2v) is 3.47. The lowest BCUT2D eigenvalue weighted by atomic mass is 10.1. The van der Waals surface area contributed by atoms with Crippen molar-refractivity contribution < 1.29 is 5.11 Å². The van der Waals surface area contributed by atoms with Crippen LogP contribution >= 0.6 is 0 Å². The number of hydrogen-bond donors (Lipinski definition) is 2. The number of aromatic amines is 1. The molecular weight excluding hydrogens is 144 g/mol. The number of aromatic nitrogens is 2. The molecule has 1 rings (SSSR count). The predicted octanol–water partition coefficient (Wildman–Crippen LogP) is 0.637. The zero-order chi connectivity index (χ0) is 8.65. The number of aromatic hydroxyl groups is 1. The van der Waals surface area contributed by atoms with Crippen LogP contribution in [0.2, 0.25) is 0 Å². The molecule has 0 aromatic carbocycles. The highest BCUT2D eigenvalue weighted by molar-refractivity contribution is 5.10. The SMILES string of the molecule is CC(C)(C)n1[nH]cc(O)c1=O. The summed E-state index contributed by atoms with van der Waals surface area (Å²) in [6, 6.07) is 0. The standard InChI is InChI=1S/C7H12N2O2/c1-7(2,3)9-6(11)5(10)4-8-9/h4,8,10H,1-3H3. The van der Waals surface area contributed by atoms with E-state index in [-0.39, 0.29) is 16.8 Å². The topological polar surface area (TPSA) is 58.0 Å². The minimum Gasteiger partial charge on any atom is -0.502 e. The minimum absolute atomic E-state index is 0.236. The monoisotopic (exact) mass is 156 g/mol. The van der Waals surface area contributed by atoms with E-state index in [0.29, 0.717) is 0 Å². The normalized spacial score (nSPS) is 11.9. The molecule has 0 radical (unpaired) electrons. The molecule has 62 valence electrons. The Morgan fingerprint density at radius 1 is 1.55 bits per heavy atom. The Balaban J connectivity index is 3.27. The third kappa shape index (κ3) is 1.29. The van der Waals surface area contributed by atoms with Crippen molar-refractivity contribution >= 4 is 0 Å². The van der Waals surface area contributed by atoms with Gasteiger partial charge in [-0.2, -0.15) is 0 Å². The molecule has 1 heterocycles. The van der Waals surface area contributed by atoms with E-state index < -0.39 is 0 Å². The zero-order valence-electron chi connectivity index (χ0n) is 6.88. The van der Waals surface area contributed by atoms with Gasteiger partial charge in [-0.3, -0.25) is 9.89 Å². The van der Waals surface area contributed by atoms with Gasteiger partial charge >= 0.3 is 5.56 Å². The Morgan fingerprint density at radius 2 is 2.09 bits per heavy atom. The maximum Gasteiger partial charge on any atom is 0.309 e. The summed E-state index contributed by atoms with van der Waals surface area (Å²) in [4.78, 5) is 11.1. The van der Waals surface area contributed by atoms with Gasteiger partial charge in [-0.05, 0) is 20.8 Å². The van der Waals surface area contributed by atoms with E-state index in [4.69, 9.17) is 5.11 Å². The molecule has 0 saturated heterocycles. The van der Waals surface area contributed by atoms with Crippen LogP contribution < -0.4 is 5.56 Å². The van der Waals surface area contributed by atoms with Gasteiger partial charge in [0.05, 0.1) is 11.7 Å². The van der Waals surface area contributed by atoms with Gasteiger partial charge in [0, 0.05) is 0 Å². The van der Waals surface area contributed by atoms with Gasteiger partial charge in [0.1, 0.15) is 0 Å². The molecule has 0 amide bonds. The second-order valence-electron chi connectivity index (χ2n) is 3.47. The molecule has 0 aliphatic heterocycles. The molecule has 0 unspecified atom stereocenters. The summed E-state index contributed by atoms with van der Waals surface area (Å²) in [5, 5.41) is 11.6. The van der Waals surface area contributed by atoms with Crippen LogP contribution in [0, 0.1) is 0 Å². The summed E-state index contributed by atoms with van der Waals surface area (Å²) < 4.78 is 1.38. The highest BCUT2D eigenvalue weighted by atomic mass is 16.3. The van der Waals surface area contributed by atoms with Crippen molar-refractivity contribution in [2.45, 2.75) is 26.3 Å². The molecule has 11 heavy (non-hydrogen) atoms. The van der Waals surface area contributed by atoms with E-state index in [1.807, 2.05) is 20.8 Å². The van der Waals surface area contributed by atoms with Crippen LogP contribution in [0.1, 0.15) is 20.8 Å². The molecule has 0 atom stereocenters. The van der Waals surface area contributed by atoms with Gasteiger partial charge in [-0.15, -0.1) is 0 Å². The van der Waals surface area contributed by atoms with Crippen molar-refractivity contribution in [1.82, 2.24) is 9.78 Å². The lowest BCUT2D eigenvalue weighted by molar-refractivity contribution is 0.341. The molecule has 1 aromatic rings. The van der Waals surface area contributed by atoms with Crippen LogP contribution in [0.15, 0.2) is 11.0 Å². The summed E-state index contributed by atoms with van der Waals surface area (Å²) in [6.45, 7) is 5.64. The van der Waals surface area contributed by atoms with Gasteiger partial charge in [-0.25, -0.2) is 4.68 Å². The number of nitrogens with zero attached hydrogens (tertiary/aromatic N) is 1. The summed E-state index contributed by atoms with van der Waals surface area (Å²) in [5.41, 5.74) is -0.685. The first kappa shape index (κ1) is 7.91. The van der Waals surface area contributed by atoms with Crippen molar-refractivity contribution in [2.75, 3.05) is 0 Å². The molecule has 0 aliphatic carbocycles. The molecule has 0 bridgehead atoms. The van der Waals surface area contributed by atoms with Gasteiger partial charge in [0.2, 0.25) is 5.75 Å². The average Bonchev–Trinajstić information content (AvgIpc) is 2.11. The highest BCUT2D eigenvalue weighted by Gasteiger charge is 2.17. The summed E-state index contributed by atoms with van der Waals surface area (Å²) in [6.07, 6.45) is 1.29. The lowest BCUT2D eigenvalue weighted by Gasteiger charge is -2.18. The Morgan fingerprint density at radius 3 is 2.27 bits per heavy atom. The molecule has 1 aromatic heterocycles. The second kappa shape index (κ2) is 2.15. The summed E-state index contributed by atoms with van der Waals surface area (Å²) in [5.74, 6) is -0.236. The fourth-order valence-electron chi connectivity index (χ4n) is 0.859. The van der Waals surface area contributed by atoms with Gasteiger partial charge < -0.3 is 5.11 Å². The molecular formula is C7H12N2O2. The van der Waals surface area contributed by atoms with Gasteiger partial charge in [-0.1, -0.05) is 0 Å². The number of H-pyrrole nitrogens is 1. The predicted molar refractivity (Wildman–Crippen MR) is 41.7 cm³/mol. The largest absolute Gasteiger partial charge is 0.502 e. The van der Waals surface area contributed by atoms with Crippen molar-refractivity contribution in [3.63, 3.8) is 0 Å². The third-order valence-electron chi connectivity index (χ3n) is 1.42. The smallest absolute Gasteiger partial charge is 0.309 e. The van der Waals surface area contributed by atoms with Crippen LogP contribution in [-0.4, -0.2) is 14.9 Å². The molecule has 0 fully saturated rings. The van der Waals surface area contributed by atoms with E-state index in [2.05, 4.69) is 5.10 Å². The van der Waals surface area contributed by atoms with Gasteiger partial charge in [0.15, 0.2) is 0 Å². The minimum atomic E-state index is -0.377. The van der Waals surface area contributed by atoms with Crippen molar-refractivity contribution in [1.29, 1.82) is 0 Å². The molecule has 4 nitrogen and oxygen atoms in total. The first-order valence-corrected chi connectivity index (χ1v) is 3.43. The van der Waals surface area contributed by atoms with E-state index in [1.165, 1.54) is 10.9 Å². The average molecular weight is 156 g/mol. The van der Waals surface area contributed by atoms with Crippen LogP contribution in [-0.2, 0) is 5.54 Å².